The zero-order chi connectivity index (χ0) is 10.4. The molecule has 0 aliphatic heterocycles. The predicted molar refractivity (Wildman–Crippen MR) is 64.1 cm³/mol. The highest BCUT2D eigenvalue weighted by atomic mass is 32.2. The molecular weight excluding hydrogens is 194 g/mol. The van der Waals surface area contributed by atoms with Crippen molar-refractivity contribution in [1.82, 2.24) is 0 Å². The summed E-state index contributed by atoms with van der Waals surface area (Å²) < 4.78 is 5.55. The highest BCUT2D eigenvalue weighted by molar-refractivity contribution is 7.99. The van der Waals surface area contributed by atoms with Crippen LogP contribution in [-0.4, -0.2) is 18.1 Å². The standard InChI is InChI=1S/C11H17NOS/c1-3-14-7-6-13-11-5-4-9(2)8-10(11)12/h4-5,8H,3,6-7,12H2,1-2H3. The summed E-state index contributed by atoms with van der Waals surface area (Å²) in [5.41, 5.74) is 7.70. The molecule has 0 aliphatic carbocycles. The molecule has 0 unspecified atom stereocenters. The number of thioether (sulfide) groups is 1. The summed E-state index contributed by atoms with van der Waals surface area (Å²) in [5.74, 6) is 2.95. The van der Waals surface area contributed by atoms with Crippen LogP contribution in [0.5, 0.6) is 5.75 Å². The van der Waals surface area contributed by atoms with Crippen LogP contribution in [0.2, 0.25) is 0 Å². The first-order valence-corrected chi connectivity index (χ1v) is 5.96. The number of nitrogens with two attached hydrogens (primary N) is 1. The highest BCUT2D eigenvalue weighted by Gasteiger charge is 1.99. The van der Waals surface area contributed by atoms with Gasteiger partial charge in [-0.1, -0.05) is 13.0 Å². The molecule has 1 aromatic carbocycles. The van der Waals surface area contributed by atoms with Crippen molar-refractivity contribution in [3.63, 3.8) is 0 Å². The number of aryl methyl sites for hydroxylation is 1. The molecule has 2 N–H and O–H groups in total. The van der Waals surface area contributed by atoms with Crippen molar-refractivity contribution < 1.29 is 4.74 Å². The van der Waals surface area contributed by atoms with Crippen molar-refractivity contribution in [2.24, 2.45) is 0 Å². The number of rotatable bonds is 5. The third-order valence-electron chi connectivity index (χ3n) is 1.85. The Labute approximate surface area is 89.8 Å². The molecule has 0 heterocycles. The summed E-state index contributed by atoms with van der Waals surface area (Å²) in [6, 6.07) is 5.88. The lowest BCUT2D eigenvalue weighted by Gasteiger charge is -2.08. The normalized spacial score (nSPS) is 10.1. The maximum Gasteiger partial charge on any atom is 0.142 e. The van der Waals surface area contributed by atoms with Gasteiger partial charge in [-0.15, -0.1) is 0 Å². The van der Waals surface area contributed by atoms with Crippen molar-refractivity contribution >= 4 is 17.4 Å². The second-order valence-electron chi connectivity index (χ2n) is 3.09. The Morgan fingerprint density at radius 3 is 2.86 bits per heavy atom. The van der Waals surface area contributed by atoms with Crippen LogP contribution in [0.25, 0.3) is 0 Å². The average molecular weight is 211 g/mol. The van der Waals surface area contributed by atoms with E-state index in [1.807, 2.05) is 36.9 Å². The van der Waals surface area contributed by atoms with Crippen LogP contribution < -0.4 is 10.5 Å². The Kier molecular flexibility index (Phi) is 4.66. The maximum atomic E-state index is 5.80. The Morgan fingerprint density at radius 1 is 1.43 bits per heavy atom. The van der Waals surface area contributed by atoms with Gasteiger partial charge in [-0.2, -0.15) is 11.8 Å². The Morgan fingerprint density at radius 2 is 2.21 bits per heavy atom. The first-order valence-electron chi connectivity index (χ1n) is 4.80. The molecule has 0 bridgehead atoms. The van der Waals surface area contributed by atoms with E-state index in [4.69, 9.17) is 10.5 Å². The van der Waals surface area contributed by atoms with E-state index < -0.39 is 0 Å². The van der Waals surface area contributed by atoms with Gasteiger partial charge in [0.2, 0.25) is 0 Å². The van der Waals surface area contributed by atoms with Crippen LogP contribution in [0, 0.1) is 6.92 Å². The summed E-state index contributed by atoms with van der Waals surface area (Å²) in [6.07, 6.45) is 0. The molecule has 14 heavy (non-hydrogen) atoms. The minimum Gasteiger partial charge on any atom is -0.491 e. The molecule has 0 fully saturated rings. The monoisotopic (exact) mass is 211 g/mol. The molecule has 1 rings (SSSR count). The highest BCUT2D eigenvalue weighted by Crippen LogP contribution is 2.22. The van der Waals surface area contributed by atoms with Crippen LogP contribution in [-0.2, 0) is 0 Å². The third-order valence-corrected chi connectivity index (χ3v) is 2.72. The van der Waals surface area contributed by atoms with Crippen LogP contribution in [0.15, 0.2) is 18.2 Å². The predicted octanol–water partition coefficient (Wildman–Crippen LogP) is 2.71. The van der Waals surface area contributed by atoms with Gasteiger partial charge in [-0.3, -0.25) is 0 Å². The fraction of sp³-hybridized carbons (Fsp3) is 0.455. The Hall–Kier alpha value is -0.830. The van der Waals surface area contributed by atoms with Gasteiger partial charge >= 0.3 is 0 Å². The minimum atomic E-state index is 0.728. The molecule has 3 heteroatoms. The van der Waals surface area contributed by atoms with Crippen molar-refractivity contribution in [1.29, 1.82) is 0 Å². The Balaban J connectivity index is 2.42. The fourth-order valence-electron chi connectivity index (χ4n) is 1.15. The van der Waals surface area contributed by atoms with E-state index in [9.17, 15) is 0 Å². The summed E-state index contributed by atoms with van der Waals surface area (Å²) >= 11 is 1.87. The molecule has 0 atom stereocenters. The molecule has 0 aliphatic rings. The SMILES string of the molecule is CCSCCOc1ccc(C)cc1N. The van der Waals surface area contributed by atoms with Crippen molar-refractivity contribution in [3.8, 4) is 5.75 Å². The number of hydrogen-bond donors (Lipinski definition) is 1. The number of anilines is 1. The summed E-state index contributed by atoms with van der Waals surface area (Å²) in [4.78, 5) is 0. The van der Waals surface area contributed by atoms with E-state index in [1.54, 1.807) is 0 Å². The topological polar surface area (TPSA) is 35.2 Å². The second-order valence-corrected chi connectivity index (χ2v) is 4.48. The van der Waals surface area contributed by atoms with Crippen LogP contribution in [0.3, 0.4) is 0 Å². The smallest absolute Gasteiger partial charge is 0.142 e. The van der Waals surface area contributed by atoms with Crippen molar-refractivity contribution in [2.45, 2.75) is 13.8 Å². The minimum absolute atomic E-state index is 0.728. The van der Waals surface area contributed by atoms with Gasteiger partial charge in [0.05, 0.1) is 12.3 Å². The average Bonchev–Trinajstić information content (AvgIpc) is 2.15. The molecule has 1 aromatic rings. The van der Waals surface area contributed by atoms with Gasteiger partial charge in [0.25, 0.3) is 0 Å². The number of hydrogen-bond acceptors (Lipinski definition) is 3. The summed E-state index contributed by atoms with van der Waals surface area (Å²) in [6.45, 7) is 4.89. The number of nitrogen functional groups attached to an aromatic ring is 1. The largest absolute Gasteiger partial charge is 0.491 e. The molecule has 0 radical (unpaired) electrons. The first kappa shape index (κ1) is 11.2. The van der Waals surface area contributed by atoms with Crippen LogP contribution in [0.4, 0.5) is 5.69 Å². The van der Waals surface area contributed by atoms with Gasteiger partial charge < -0.3 is 10.5 Å². The maximum absolute atomic E-state index is 5.80. The quantitative estimate of drug-likeness (QED) is 0.601. The summed E-state index contributed by atoms with van der Waals surface area (Å²) in [7, 11) is 0. The lowest BCUT2D eigenvalue weighted by Crippen LogP contribution is -2.02. The van der Waals surface area contributed by atoms with E-state index in [0.717, 1.165) is 35.1 Å². The Bertz CT molecular complexity index is 289. The van der Waals surface area contributed by atoms with Gasteiger partial charge in [-0.05, 0) is 30.4 Å². The molecule has 0 amide bonds. The van der Waals surface area contributed by atoms with Crippen molar-refractivity contribution in [3.05, 3.63) is 23.8 Å². The third kappa shape index (κ3) is 3.50. The molecular formula is C11H17NOS. The van der Waals surface area contributed by atoms with Crippen LogP contribution in [0.1, 0.15) is 12.5 Å². The second kappa shape index (κ2) is 5.81. The number of ether oxygens (including phenoxy) is 1. The van der Waals surface area contributed by atoms with E-state index >= 15 is 0 Å². The molecule has 2 nitrogen and oxygen atoms in total. The molecule has 0 spiro atoms. The molecule has 78 valence electrons. The molecule has 0 aromatic heterocycles. The molecule has 0 saturated carbocycles. The fourth-order valence-corrected chi connectivity index (χ4v) is 1.64. The van der Waals surface area contributed by atoms with E-state index in [0.29, 0.717) is 0 Å². The van der Waals surface area contributed by atoms with Gasteiger partial charge in [0.15, 0.2) is 0 Å². The first-order chi connectivity index (χ1) is 6.74. The number of benzene rings is 1. The van der Waals surface area contributed by atoms with Gasteiger partial charge in [0, 0.05) is 5.75 Å². The van der Waals surface area contributed by atoms with Gasteiger partial charge in [-0.25, -0.2) is 0 Å². The van der Waals surface area contributed by atoms with Gasteiger partial charge in [0.1, 0.15) is 5.75 Å². The van der Waals surface area contributed by atoms with Crippen molar-refractivity contribution in [2.75, 3.05) is 23.8 Å². The van der Waals surface area contributed by atoms with Crippen LogP contribution >= 0.6 is 11.8 Å². The van der Waals surface area contributed by atoms with E-state index in [1.165, 1.54) is 0 Å². The lowest BCUT2D eigenvalue weighted by molar-refractivity contribution is 0.346. The van der Waals surface area contributed by atoms with E-state index in [2.05, 4.69) is 6.92 Å². The zero-order valence-electron chi connectivity index (χ0n) is 8.75. The lowest BCUT2D eigenvalue weighted by atomic mass is 10.2. The summed E-state index contributed by atoms with van der Waals surface area (Å²) in [5, 5.41) is 0. The van der Waals surface area contributed by atoms with E-state index in [-0.39, 0.29) is 0 Å². The zero-order valence-corrected chi connectivity index (χ0v) is 9.56. The molecule has 0 saturated heterocycles.